The van der Waals surface area contributed by atoms with Crippen molar-refractivity contribution in [2.24, 2.45) is 5.14 Å². The van der Waals surface area contributed by atoms with E-state index in [9.17, 15) is 18.5 Å². The Labute approximate surface area is 253 Å². The van der Waals surface area contributed by atoms with Crippen LogP contribution in [0.5, 0.6) is 0 Å². The van der Waals surface area contributed by atoms with Gasteiger partial charge in [-0.05, 0) is 62.9 Å². The Morgan fingerprint density at radius 3 is 2.62 bits per heavy atom. The van der Waals surface area contributed by atoms with E-state index in [2.05, 4.69) is 55.1 Å². The van der Waals surface area contributed by atoms with Crippen LogP contribution < -0.4 is 21.1 Å². The predicted molar refractivity (Wildman–Crippen MR) is 164 cm³/mol. The second-order valence-corrected chi connectivity index (χ2v) is 13.2. The summed E-state index contributed by atoms with van der Waals surface area (Å²) in [4.78, 5) is 28.4. The summed E-state index contributed by atoms with van der Waals surface area (Å²) in [6.07, 6.45) is 3.27. The van der Waals surface area contributed by atoms with E-state index in [1.54, 1.807) is 0 Å². The standard InChI is InChI=1S/C28H40ClN9O3S/c1-3-22-18-37(27-25(29)34-24(26(31)35-27)28(39)33-9-4-14-42(32,40)41)12-13-38(22)23-7-10-36(11-8-23)17-20-6-5-19(2)15-21(20)16-30/h5-6,15,22-23H,3-4,7-14,17-18H2,1-2H3,(H2,31,35)(H,33,39)(H2,32,40,41)/t22-/m0/s1. The molecule has 2 saturated heterocycles. The number of halogens is 1. The SMILES string of the molecule is CC[C@H]1CN(c2nc(N)c(C(=O)NCCCS(N)(=O)=O)nc2Cl)CCN1C1CCN(Cc2ccc(C)cc2C#N)CC1. The number of primary sulfonamides is 1. The number of rotatable bonds is 10. The first-order valence-corrected chi connectivity index (χ1v) is 16.4. The number of piperazine rings is 1. The van der Waals surface area contributed by atoms with Crippen molar-refractivity contribution < 1.29 is 13.2 Å². The first-order valence-electron chi connectivity index (χ1n) is 14.3. The van der Waals surface area contributed by atoms with Crippen molar-refractivity contribution in [1.29, 1.82) is 5.26 Å². The second kappa shape index (κ2) is 14.0. The Balaban J connectivity index is 1.33. The van der Waals surface area contributed by atoms with E-state index in [1.165, 1.54) is 0 Å². The molecule has 0 aliphatic carbocycles. The Bertz CT molecular complexity index is 1420. The Morgan fingerprint density at radius 1 is 1.21 bits per heavy atom. The largest absolute Gasteiger partial charge is 0.382 e. The molecule has 3 heterocycles. The molecule has 2 aliphatic heterocycles. The number of piperidine rings is 1. The third-order valence-electron chi connectivity index (χ3n) is 8.07. The summed E-state index contributed by atoms with van der Waals surface area (Å²) in [5.41, 5.74) is 8.96. The molecule has 42 heavy (non-hydrogen) atoms. The molecule has 12 nitrogen and oxygen atoms in total. The number of likely N-dealkylation sites (tertiary alicyclic amines) is 1. The number of carbonyl (C=O) groups excluding carboxylic acids is 1. The van der Waals surface area contributed by atoms with Crippen LogP contribution in [0.4, 0.5) is 11.6 Å². The molecule has 0 bridgehead atoms. The highest BCUT2D eigenvalue weighted by molar-refractivity contribution is 7.89. The summed E-state index contributed by atoms with van der Waals surface area (Å²) in [6, 6.07) is 9.23. The molecular formula is C28H40ClN9O3S. The number of nitrogens with zero attached hydrogens (tertiary/aromatic N) is 6. The normalized spacial score (nSPS) is 19.0. The van der Waals surface area contributed by atoms with E-state index in [0.29, 0.717) is 24.4 Å². The van der Waals surface area contributed by atoms with Gasteiger partial charge in [0.1, 0.15) is 0 Å². The van der Waals surface area contributed by atoms with E-state index in [-0.39, 0.29) is 35.4 Å². The van der Waals surface area contributed by atoms with Crippen LogP contribution in [0.15, 0.2) is 18.2 Å². The van der Waals surface area contributed by atoms with Gasteiger partial charge in [0.25, 0.3) is 5.91 Å². The van der Waals surface area contributed by atoms with Gasteiger partial charge in [-0.25, -0.2) is 23.5 Å². The van der Waals surface area contributed by atoms with Crippen LogP contribution in [-0.4, -0.2) is 91.2 Å². The zero-order chi connectivity index (χ0) is 30.4. The Hall–Kier alpha value is -3.02. The number of aryl methyl sites for hydroxylation is 1. The van der Waals surface area contributed by atoms with Crippen LogP contribution in [0.1, 0.15) is 59.8 Å². The van der Waals surface area contributed by atoms with Crippen LogP contribution >= 0.6 is 11.6 Å². The number of sulfonamides is 1. The highest BCUT2D eigenvalue weighted by atomic mass is 35.5. The monoisotopic (exact) mass is 617 g/mol. The van der Waals surface area contributed by atoms with Gasteiger partial charge in [0.15, 0.2) is 22.5 Å². The lowest BCUT2D eigenvalue weighted by atomic mass is 9.97. The van der Waals surface area contributed by atoms with Crippen molar-refractivity contribution in [2.75, 3.05) is 55.7 Å². The molecule has 4 rings (SSSR count). The first kappa shape index (κ1) is 31.9. The van der Waals surface area contributed by atoms with Gasteiger partial charge in [0, 0.05) is 44.8 Å². The van der Waals surface area contributed by atoms with Crippen molar-refractivity contribution in [3.63, 3.8) is 0 Å². The molecule has 1 aromatic heterocycles. The Morgan fingerprint density at radius 2 is 1.95 bits per heavy atom. The summed E-state index contributed by atoms with van der Waals surface area (Å²) in [7, 11) is -3.60. The number of hydrogen-bond donors (Lipinski definition) is 3. The molecule has 228 valence electrons. The van der Waals surface area contributed by atoms with Crippen molar-refractivity contribution in [3.05, 3.63) is 45.7 Å². The molecule has 1 atom stereocenters. The highest BCUT2D eigenvalue weighted by Crippen LogP contribution is 2.30. The van der Waals surface area contributed by atoms with Gasteiger partial charge in [-0.1, -0.05) is 30.7 Å². The molecular weight excluding hydrogens is 578 g/mol. The zero-order valence-electron chi connectivity index (χ0n) is 24.2. The average molecular weight is 618 g/mol. The Kier molecular flexibility index (Phi) is 10.6. The van der Waals surface area contributed by atoms with Crippen LogP contribution in [0.2, 0.25) is 5.15 Å². The number of nitrogens with one attached hydrogen (secondary N) is 1. The number of anilines is 2. The van der Waals surface area contributed by atoms with Gasteiger partial charge in [0.2, 0.25) is 10.0 Å². The topological polar surface area (TPSA) is 175 Å². The number of carbonyl (C=O) groups is 1. The van der Waals surface area contributed by atoms with E-state index in [1.807, 2.05) is 13.0 Å². The molecule has 0 spiro atoms. The van der Waals surface area contributed by atoms with Gasteiger partial charge < -0.3 is 16.0 Å². The minimum Gasteiger partial charge on any atom is -0.382 e. The maximum absolute atomic E-state index is 12.5. The van der Waals surface area contributed by atoms with E-state index < -0.39 is 15.9 Å². The fraction of sp³-hybridized carbons (Fsp3) is 0.571. The van der Waals surface area contributed by atoms with E-state index in [4.69, 9.17) is 22.5 Å². The van der Waals surface area contributed by atoms with Crippen molar-refractivity contribution in [3.8, 4) is 6.07 Å². The minimum atomic E-state index is -3.60. The molecule has 0 radical (unpaired) electrons. The summed E-state index contributed by atoms with van der Waals surface area (Å²) in [6.45, 7) is 9.34. The first-order chi connectivity index (χ1) is 20.0. The number of hydrogen-bond acceptors (Lipinski definition) is 10. The van der Waals surface area contributed by atoms with Crippen molar-refractivity contribution >= 4 is 39.2 Å². The summed E-state index contributed by atoms with van der Waals surface area (Å²) in [5, 5.41) is 17.2. The lowest BCUT2D eigenvalue weighted by molar-refractivity contribution is 0.0610. The number of nitriles is 1. The highest BCUT2D eigenvalue weighted by Gasteiger charge is 2.34. The maximum atomic E-state index is 12.5. The van der Waals surface area contributed by atoms with Crippen LogP contribution in [-0.2, 0) is 16.6 Å². The van der Waals surface area contributed by atoms with E-state index in [0.717, 1.165) is 68.7 Å². The molecule has 14 heteroatoms. The van der Waals surface area contributed by atoms with Gasteiger partial charge in [-0.15, -0.1) is 0 Å². The molecule has 1 aromatic carbocycles. The number of aromatic nitrogens is 2. The summed E-state index contributed by atoms with van der Waals surface area (Å²) in [5.74, 6) is -0.390. The third-order valence-corrected chi connectivity index (χ3v) is 9.19. The van der Waals surface area contributed by atoms with Crippen molar-refractivity contribution in [1.82, 2.24) is 25.1 Å². The molecule has 2 aromatic rings. The number of amides is 1. The number of nitrogens with two attached hydrogens (primary N) is 2. The minimum absolute atomic E-state index is 0.0330. The van der Waals surface area contributed by atoms with Gasteiger partial charge in [0.05, 0.1) is 17.4 Å². The molecule has 2 aliphatic rings. The van der Waals surface area contributed by atoms with Gasteiger partial charge in [-0.3, -0.25) is 14.6 Å². The maximum Gasteiger partial charge on any atom is 0.273 e. The molecule has 0 unspecified atom stereocenters. The third kappa shape index (κ3) is 8.08. The molecule has 0 saturated carbocycles. The quantitative estimate of drug-likeness (QED) is 0.334. The lowest BCUT2D eigenvalue weighted by Gasteiger charge is -2.47. The molecule has 2 fully saturated rings. The summed E-state index contributed by atoms with van der Waals surface area (Å²) >= 11 is 6.50. The fourth-order valence-corrected chi connectivity index (χ4v) is 6.63. The predicted octanol–water partition coefficient (Wildman–Crippen LogP) is 1.87. The second-order valence-electron chi connectivity index (χ2n) is 11.1. The van der Waals surface area contributed by atoms with Crippen LogP contribution in [0, 0.1) is 18.3 Å². The average Bonchev–Trinajstić information content (AvgIpc) is 2.96. The van der Waals surface area contributed by atoms with Crippen molar-refractivity contribution in [2.45, 2.75) is 58.2 Å². The fourth-order valence-electron chi connectivity index (χ4n) is 5.83. The van der Waals surface area contributed by atoms with Gasteiger partial charge >= 0.3 is 0 Å². The lowest BCUT2D eigenvalue weighted by Crippen LogP contribution is -2.58. The smallest absolute Gasteiger partial charge is 0.273 e. The van der Waals surface area contributed by atoms with Gasteiger partial charge in [-0.2, -0.15) is 5.26 Å². The molecule has 1 amide bonds. The summed E-state index contributed by atoms with van der Waals surface area (Å²) < 4.78 is 22.2. The number of benzene rings is 1. The number of nitrogen functional groups attached to an aromatic ring is 1. The van der Waals surface area contributed by atoms with E-state index >= 15 is 0 Å². The van der Waals surface area contributed by atoms with Crippen LogP contribution in [0.3, 0.4) is 0 Å². The van der Waals surface area contributed by atoms with Crippen LogP contribution in [0.25, 0.3) is 0 Å². The molecule has 5 N–H and O–H groups in total. The zero-order valence-corrected chi connectivity index (χ0v) is 25.8.